The number of nitrogens with zero attached hydrogens (tertiary/aromatic N) is 3. The maximum absolute atomic E-state index is 5.55. The van der Waals surface area contributed by atoms with Crippen LogP contribution in [0.3, 0.4) is 0 Å². The number of ether oxygens (including phenoxy) is 1. The molecule has 0 aromatic carbocycles. The molecule has 4 heterocycles. The second kappa shape index (κ2) is 4.09. The van der Waals surface area contributed by atoms with Gasteiger partial charge in [0.2, 0.25) is 0 Å². The molecule has 0 unspecified atom stereocenters. The minimum Gasteiger partial charge on any atom is -0.496 e. The molecule has 0 spiro atoms. The van der Waals surface area contributed by atoms with E-state index in [0.29, 0.717) is 6.61 Å². The standard InChI is InChI=1S/C13H11BrN4O/c14-11-7-19-6-8-1-2-18-12(8)10(11)5-15-13(18)9-3-16-17-4-9/h3-5,7H,1-2,6H2,(H,16,17). The van der Waals surface area contributed by atoms with Crippen LogP contribution in [0.2, 0.25) is 0 Å². The minimum absolute atomic E-state index is 0.650. The van der Waals surface area contributed by atoms with Gasteiger partial charge in [0, 0.05) is 24.5 Å². The predicted octanol–water partition coefficient (Wildman–Crippen LogP) is 2.28. The highest BCUT2D eigenvalue weighted by molar-refractivity contribution is 9.12. The Morgan fingerprint density at radius 3 is 3.21 bits per heavy atom. The Morgan fingerprint density at radius 1 is 1.42 bits per heavy atom. The molecule has 4 rings (SSSR count). The summed E-state index contributed by atoms with van der Waals surface area (Å²) in [7, 11) is 0. The Labute approximate surface area is 118 Å². The molecular formula is C13H11BrN4O. The molecular weight excluding hydrogens is 308 g/mol. The number of aliphatic imine (C=N–C) groups is 1. The lowest BCUT2D eigenvalue weighted by Gasteiger charge is -2.27. The van der Waals surface area contributed by atoms with E-state index in [9.17, 15) is 0 Å². The van der Waals surface area contributed by atoms with Crippen LogP contribution in [0.5, 0.6) is 0 Å². The van der Waals surface area contributed by atoms with Crippen LogP contribution in [0, 0.1) is 0 Å². The highest BCUT2D eigenvalue weighted by atomic mass is 79.9. The predicted molar refractivity (Wildman–Crippen MR) is 74.5 cm³/mol. The lowest BCUT2D eigenvalue weighted by Crippen LogP contribution is -2.31. The maximum Gasteiger partial charge on any atom is 0.143 e. The van der Waals surface area contributed by atoms with Crippen molar-refractivity contribution in [3.05, 3.63) is 51.7 Å². The van der Waals surface area contributed by atoms with E-state index in [0.717, 1.165) is 34.4 Å². The SMILES string of the molecule is BrC1=COCC2=C3C1=CN=C(c1cn[nH]c1)N3CC2. The molecule has 96 valence electrons. The lowest BCUT2D eigenvalue weighted by atomic mass is 10.1. The van der Waals surface area contributed by atoms with Crippen LogP contribution in [0.25, 0.3) is 0 Å². The van der Waals surface area contributed by atoms with Crippen molar-refractivity contribution in [2.24, 2.45) is 4.99 Å². The molecule has 0 radical (unpaired) electrons. The van der Waals surface area contributed by atoms with Crippen LogP contribution >= 0.6 is 15.9 Å². The summed E-state index contributed by atoms with van der Waals surface area (Å²) in [6.07, 6.45) is 8.33. The van der Waals surface area contributed by atoms with Crippen molar-refractivity contribution in [2.45, 2.75) is 6.42 Å². The molecule has 19 heavy (non-hydrogen) atoms. The summed E-state index contributed by atoms with van der Waals surface area (Å²) in [4.78, 5) is 6.84. The van der Waals surface area contributed by atoms with E-state index in [2.05, 4.69) is 36.0 Å². The van der Waals surface area contributed by atoms with E-state index in [1.807, 2.05) is 12.4 Å². The number of aromatic nitrogens is 2. The number of H-pyrrole nitrogens is 1. The van der Waals surface area contributed by atoms with Crippen LogP contribution in [0.15, 0.2) is 51.2 Å². The quantitative estimate of drug-likeness (QED) is 0.864. The van der Waals surface area contributed by atoms with Crippen LogP contribution in [0.1, 0.15) is 12.0 Å². The van der Waals surface area contributed by atoms with Crippen molar-refractivity contribution in [1.29, 1.82) is 0 Å². The van der Waals surface area contributed by atoms with Gasteiger partial charge in [-0.2, -0.15) is 5.10 Å². The van der Waals surface area contributed by atoms with Gasteiger partial charge in [0.05, 0.1) is 28.2 Å². The Hall–Kier alpha value is -1.82. The maximum atomic E-state index is 5.55. The molecule has 1 aromatic rings. The summed E-state index contributed by atoms with van der Waals surface area (Å²) < 4.78 is 6.49. The first-order valence-electron chi connectivity index (χ1n) is 6.09. The number of hydrogen-bond acceptors (Lipinski definition) is 4. The molecule has 1 aromatic heterocycles. The van der Waals surface area contributed by atoms with Crippen LogP contribution in [-0.2, 0) is 4.74 Å². The summed E-state index contributed by atoms with van der Waals surface area (Å²) in [6.45, 7) is 1.59. The van der Waals surface area contributed by atoms with Gasteiger partial charge in [0.15, 0.2) is 0 Å². The summed E-state index contributed by atoms with van der Waals surface area (Å²) in [5, 5.41) is 6.84. The number of allylic oxidation sites excluding steroid dienone is 1. The smallest absolute Gasteiger partial charge is 0.143 e. The Bertz CT molecular complexity index is 654. The Morgan fingerprint density at radius 2 is 2.37 bits per heavy atom. The second-order valence-electron chi connectivity index (χ2n) is 4.61. The van der Waals surface area contributed by atoms with Crippen molar-refractivity contribution in [1.82, 2.24) is 15.1 Å². The van der Waals surface area contributed by atoms with Gasteiger partial charge in [-0.25, -0.2) is 4.99 Å². The third-order valence-corrected chi connectivity index (χ3v) is 4.14. The van der Waals surface area contributed by atoms with Crippen molar-refractivity contribution < 1.29 is 4.74 Å². The fraction of sp³-hybridized carbons (Fsp3) is 0.231. The highest BCUT2D eigenvalue weighted by Crippen LogP contribution is 2.39. The molecule has 5 nitrogen and oxygen atoms in total. The van der Waals surface area contributed by atoms with Gasteiger partial charge in [0.1, 0.15) is 12.4 Å². The third kappa shape index (κ3) is 1.59. The molecule has 0 fully saturated rings. The fourth-order valence-electron chi connectivity index (χ4n) is 2.67. The van der Waals surface area contributed by atoms with E-state index in [1.165, 1.54) is 11.3 Å². The molecule has 0 aliphatic carbocycles. The first-order valence-corrected chi connectivity index (χ1v) is 6.88. The van der Waals surface area contributed by atoms with E-state index >= 15 is 0 Å². The van der Waals surface area contributed by atoms with Gasteiger partial charge in [-0.15, -0.1) is 0 Å². The molecule has 0 saturated carbocycles. The molecule has 0 saturated heterocycles. The normalized spacial score (nSPS) is 21.3. The van der Waals surface area contributed by atoms with E-state index in [-0.39, 0.29) is 0 Å². The highest BCUT2D eigenvalue weighted by Gasteiger charge is 2.34. The Balaban J connectivity index is 1.88. The summed E-state index contributed by atoms with van der Waals surface area (Å²) >= 11 is 3.55. The molecule has 0 amide bonds. The van der Waals surface area contributed by atoms with Crippen LogP contribution in [0.4, 0.5) is 0 Å². The zero-order chi connectivity index (χ0) is 12.8. The molecule has 3 aliphatic heterocycles. The van der Waals surface area contributed by atoms with Crippen molar-refractivity contribution >= 4 is 21.8 Å². The van der Waals surface area contributed by atoms with Gasteiger partial charge in [-0.05, 0) is 27.9 Å². The van der Waals surface area contributed by atoms with E-state index in [1.54, 1.807) is 12.5 Å². The van der Waals surface area contributed by atoms with E-state index in [4.69, 9.17) is 4.74 Å². The van der Waals surface area contributed by atoms with E-state index < -0.39 is 0 Å². The largest absolute Gasteiger partial charge is 0.496 e. The van der Waals surface area contributed by atoms with Crippen molar-refractivity contribution in [2.75, 3.05) is 13.2 Å². The average molecular weight is 319 g/mol. The number of halogens is 1. The first kappa shape index (κ1) is 11.0. The second-order valence-corrected chi connectivity index (χ2v) is 5.47. The summed E-state index contributed by atoms with van der Waals surface area (Å²) in [5.41, 5.74) is 4.66. The number of rotatable bonds is 1. The molecule has 3 aliphatic rings. The summed E-state index contributed by atoms with van der Waals surface area (Å²) in [5.74, 6) is 0.949. The van der Waals surface area contributed by atoms with Crippen LogP contribution in [-0.4, -0.2) is 34.1 Å². The monoisotopic (exact) mass is 318 g/mol. The number of nitrogens with one attached hydrogen (secondary N) is 1. The number of aromatic amines is 1. The number of hydrogen-bond donors (Lipinski definition) is 1. The fourth-order valence-corrected chi connectivity index (χ4v) is 3.09. The zero-order valence-electron chi connectivity index (χ0n) is 10.1. The van der Waals surface area contributed by atoms with Gasteiger partial charge in [0.25, 0.3) is 0 Å². The van der Waals surface area contributed by atoms with Gasteiger partial charge in [-0.3, -0.25) is 5.10 Å². The van der Waals surface area contributed by atoms with Gasteiger partial charge < -0.3 is 9.64 Å². The third-order valence-electron chi connectivity index (χ3n) is 3.53. The minimum atomic E-state index is 0.650. The zero-order valence-corrected chi connectivity index (χ0v) is 11.6. The van der Waals surface area contributed by atoms with Crippen molar-refractivity contribution in [3.8, 4) is 0 Å². The average Bonchev–Trinajstić information content (AvgIpc) is 3.04. The molecule has 6 heteroatoms. The Kier molecular flexibility index (Phi) is 2.38. The van der Waals surface area contributed by atoms with Crippen molar-refractivity contribution in [3.63, 3.8) is 0 Å². The van der Waals surface area contributed by atoms with Gasteiger partial charge in [-0.1, -0.05) is 0 Å². The lowest BCUT2D eigenvalue weighted by molar-refractivity contribution is 0.279. The number of amidine groups is 1. The van der Waals surface area contributed by atoms with Crippen LogP contribution < -0.4 is 0 Å². The van der Waals surface area contributed by atoms with Gasteiger partial charge >= 0.3 is 0 Å². The summed E-state index contributed by atoms with van der Waals surface area (Å²) in [6, 6.07) is 0. The topological polar surface area (TPSA) is 53.5 Å². The molecule has 1 N–H and O–H groups in total. The molecule has 0 atom stereocenters. The first-order chi connectivity index (χ1) is 9.34. The molecule has 0 bridgehead atoms.